The molecule has 0 amide bonds. The highest BCUT2D eigenvalue weighted by Gasteiger charge is 2.26. The van der Waals surface area contributed by atoms with Crippen molar-refractivity contribution in [2.24, 2.45) is 18.9 Å². The first-order chi connectivity index (χ1) is 8.63. The van der Waals surface area contributed by atoms with Crippen molar-refractivity contribution < 1.29 is 0 Å². The van der Waals surface area contributed by atoms with Crippen LogP contribution in [-0.2, 0) is 13.5 Å². The summed E-state index contributed by atoms with van der Waals surface area (Å²) in [6.45, 7) is 3.11. The van der Waals surface area contributed by atoms with E-state index < -0.39 is 0 Å². The van der Waals surface area contributed by atoms with Crippen molar-refractivity contribution in [2.45, 2.75) is 39.0 Å². The lowest BCUT2D eigenvalue weighted by Crippen LogP contribution is -2.30. The van der Waals surface area contributed by atoms with Gasteiger partial charge >= 0.3 is 0 Å². The maximum absolute atomic E-state index is 6.36. The van der Waals surface area contributed by atoms with E-state index in [-0.39, 0.29) is 0 Å². The molecule has 2 rings (SSSR count). The molecule has 0 radical (unpaired) electrons. The number of rotatable bonds is 4. The van der Waals surface area contributed by atoms with E-state index in [2.05, 4.69) is 10.4 Å². The van der Waals surface area contributed by atoms with Crippen LogP contribution in [0.3, 0.4) is 0 Å². The van der Waals surface area contributed by atoms with E-state index in [9.17, 15) is 0 Å². The summed E-state index contributed by atoms with van der Waals surface area (Å²) >= 11 is 6.36. The van der Waals surface area contributed by atoms with Crippen LogP contribution in [-0.4, -0.2) is 23.4 Å². The Morgan fingerprint density at radius 1 is 1.33 bits per heavy atom. The molecule has 1 aromatic heterocycles. The fourth-order valence-corrected chi connectivity index (χ4v) is 3.47. The van der Waals surface area contributed by atoms with E-state index in [1.165, 1.54) is 31.4 Å². The zero-order valence-corrected chi connectivity index (χ0v) is 12.4. The molecule has 4 heteroatoms. The van der Waals surface area contributed by atoms with Gasteiger partial charge in [-0.05, 0) is 51.6 Å². The molecule has 0 aromatic carbocycles. The highest BCUT2D eigenvalue weighted by Crippen LogP contribution is 2.34. The first-order valence-electron chi connectivity index (χ1n) is 6.96. The average Bonchev–Trinajstić information content (AvgIpc) is 2.59. The predicted molar refractivity (Wildman–Crippen MR) is 76.0 cm³/mol. The fourth-order valence-electron chi connectivity index (χ4n) is 3.23. The second-order valence-corrected chi connectivity index (χ2v) is 5.91. The molecule has 1 aliphatic carbocycles. The van der Waals surface area contributed by atoms with Gasteiger partial charge in [-0.1, -0.05) is 24.4 Å². The van der Waals surface area contributed by atoms with Crippen LogP contribution < -0.4 is 5.32 Å². The maximum atomic E-state index is 6.36. The Morgan fingerprint density at radius 3 is 2.56 bits per heavy atom. The first kappa shape index (κ1) is 13.9. The van der Waals surface area contributed by atoms with E-state index >= 15 is 0 Å². The number of nitrogens with zero attached hydrogens (tertiary/aromatic N) is 2. The van der Waals surface area contributed by atoms with Crippen LogP contribution in [0.1, 0.15) is 37.1 Å². The maximum Gasteiger partial charge on any atom is 0.0847 e. The van der Waals surface area contributed by atoms with Crippen LogP contribution >= 0.6 is 11.6 Å². The van der Waals surface area contributed by atoms with Crippen molar-refractivity contribution in [3.8, 4) is 0 Å². The molecule has 1 aliphatic rings. The SMILES string of the molecule is CNCC1CCCCC1Cc1c(Cl)c(C)nn1C. The fraction of sp³-hybridized carbons (Fsp3) is 0.786. The lowest BCUT2D eigenvalue weighted by Gasteiger charge is -2.31. The lowest BCUT2D eigenvalue weighted by atomic mass is 9.77. The van der Waals surface area contributed by atoms with Crippen LogP contribution in [0.2, 0.25) is 5.02 Å². The molecular weight excluding hydrogens is 246 g/mol. The van der Waals surface area contributed by atoms with E-state index in [4.69, 9.17) is 11.6 Å². The molecule has 2 unspecified atom stereocenters. The van der Waals surface area contributed by atoms with Crippen molar-refractivity contribution in [1.82, 2.24) is 15.1 Å². The van der Waals surface area contributed by atoms with Gasteiger partial charge in [-0.15, -0.1) is 0 Å². The summed E-state index contributed by atoms with van der Waals surface area (Å²) in [5.74, 6) is 1.54. The second kappa shape index (κ2) is 6.07. The van der Waals surface area contributed by atoms with Gasteiger partial charge in [0.05, 0.1) is 16.4 Å². The molecule has 0 bridgehead atoms. The molecule has 1 fully saturated rings. The number of hydrogen-bond acceptors (Lipinski definition) is 2. The van der Waals surface area contributed by atoms with Crippen molar-refractivity contribution >= 4 is 11.6 Å². The van der Waals surface area contributed by atoms with E-state index in [1.54, 1.807) is 0 Å². The Bertz CT molecular complexity index is 398. The van der Waals surface area contributed by atoms with Gasteiger partial charge in [0, 0.05) is 7.05 Å². The quantitative estimate of drug-likeness (QED) is 0.911. The second-order valence-electron chi connectivity index (χ2n) is 5.54. The zero-order valence-electron chi connectivity index (χ0n) is 11.7. The van der Waals surface area contributed by atoms with Gasteiger partial charge in [0.15, 0.2) is 0 Å². The van der Waals surface area contributed by atoms with Gasteiger partial charge in [-0.2, -0.15) is 5.10 Å². The Kier molecular flexibility index (Phi) is 4.68. The summed E-state index contributed by atoms with van der Waals surface area (Å²) in [6, 6.07) is 0. The average molecular weight is 270 g/mol. The molecule has 2 atom stereocenters. The van der Waals surface area contributed by atoms with Crippen molar-refractivity contribution in [3.05, 3.63) is 16.4 Å². The highest BCUT2D eigenvalue weighted by atomic mass is 35.5. The predicted octanol–water partition coefficient (Wildman–Crippen LogP) is 2.95. The number of aromatic nitrogens is 2. The Labute approximate surface area is 115 Å². The van der Waals surface area contributed by atoms with Crippen molar-refractivity contribution in [2.75, 3.05) is 13.6 Å². The summed E-state index contributed by atoms with van der Waals surface area (Å²) in [4.78, 5) is 0. The molecule has 18 heavy (non-hydrogen) atoms. The number of halogens is 1. The molecular formula is C14H24ClN3. The Balaban J connectivity index is 2.10. The number of hydrogen-bond donors (Lipinski definition) is 1. The summed E-state index contributed by atoms with van der Waals surface area (Å²) in [5, 5.41) is 8.62. The molecule has 0 spiro atoms. The molecule has 1 heterocycles. The van der Waals surface area contributed by atoms with Gasteiger partial charge in [-0.3, -0.25) is 4.68 Å². The first-order valence-corrected chi connectivity index (χ1v) is 7.33. The summed E-state index contributed by atoms with van der Waals surface area (Å²) in [7, 11) is 4.05. The molecule has 1 aromatic rings. The number of nitrogens with one attached hydrogen (secondary N) is 1. The Morgan fingerprint density at radius 2 is 2.00 bits per heavy atom. The normalized spacial score (nSPS) is 24.4. The van der Waals surface area contributed by atoms with Gasteiger partial charge in [0.1, 0.15) is 0 Å². The molecule has 102 valence electrons. The standard InChI is InChI=1S/C14H24ClN3/c1-10-14(15)13(18(3)17-10)8-11-6-4-5-7-12(11)9-16-2/h11-12,16H,4-9H2,1-3H3. The van der Waals surface area contributed by atoms with Gasteiger partial charge in [-0.25, -0.2) is 0 Å². The lowest BCUT2D eigenvalue weighted by molar-refractivity contribution is 0.229. The topological polar surface area (TPSA) is 29.9 Å². The Hall–Kier alpha value is -0.540. The van der Waals surface area contributed by atoms with Gasteiger partial charge in [0.25, 0.3) is 0 Å². The summed E-state index contributed by atoms with van der Waals surface area (Å²) in [6.07, 6.45) is 6.48. The van der Waals surface area contributed by atoms with Crippen LogP contribution in [0.4, 0.5) is 0 Å². The number of aryl methyl sites for hydroxylation is 2. The van der Waals surface area contributed by atoms with E-state index in [0.717, 1.165) is 35.5 Å². The molecule has 1 saturated carbocycles. The van der Waals surface area contributed by atoms with Crippen LogP contribution in [0.25, 0.3) is 0 Å². The van der Waals surface area contributed by atoms with Crippen LogP contribution in [0, 0.1) is 18.8 Å². The van der Waals surface area contributed by atoms with Gasteiger partial charge in [0.2, 0.25) is 0 Å². The highest BCUT2D eigenvalue weighted by molar-refractivity contribution is 6.31. The smallest absolute Gasteiger partial charge is 0.0847 e. The van der Waals surface area contributed by atoms with E-state index in [1.807, 2.05) is 25.7 Å². The molecule has 3 nitrogen and oxygen atoms in total. The molecule has 0 aliphatic heterocycles. The minimum Gasteiger partial charge on any atom is -0.319 e. The van der Waals surface area contributed by atoms with Crippen molar-refractivity contribution in [3.63, 3.8) is 0 Å². The monoisotopic (exact) mass is 269 g/mol. The summed E-state index contributed by atoms with van der Waals surface area (Å²) < 4.78 is 1.96. The van der Waals surface area contributed by atoms with Crippen LogP contribution in [0.15, 0.2) is 0 Å². The van der Waals surface area contributed by atoms with Crippen LogP contribution in [0.5, 0.6) is 0 Å². The largest absolute Gasteiger partial charge is 0.319 e. The molecule has 0 saturated heterocycles. The van der Waals surface area contributed by atoms with E-state index in [0.29, 0.717) is 0 Å². The van der Waals surface area contributed by atoms with Crippen molar-refractivity contribution in [1.29, 1.82) is 0 Å². The zero-order chi connectivity index (χ0) is 13.1. The van der Waals surface area contributed by atoms with Gasteiger partial charge < -0.3 is 5.32 Å². The third-order valence-corrected chi connectivity index (χ3v) is 4.74. The molecule has 1 N–H and O–H groups in total. The minimum absolute atomic E-state index is 0.749. The third-order valence-electron chi connectivity index (χ3n) is 4.25. The summed E-state index contributed by atoms with van der Waals surface area (Å²) in [5.41, 5.74) is 2.16. The minimum atomic E-state index is 0.749. The third kappa shape index (κ3) is 2.89.